The number of hydrogen-bond acceptors (Lipinski definition) is 9. The van der Waals surface area contributed by atoms with Crippen LogP contribution in [-0.4, -0.2) is 71.8 Å². The molecule has 1 spiro atoms. The lowest BCUT2D eigenvalue weighted by Crippen LogP contribution is -2.52. The van der Waals surface area contributed by atoms with Gasteiger partial charge in [0.25, 0.3) is 0 Å². The highest BCUT2D eigenvalue weighted by Gasteiger charge is 2.69. The highest BCUT2D eigenvalue weighted by atomic mass is 16.5. The Hall–Kier alpha value is -4.70. The molecule has 0 unspecified atom stereocenters. The van der Waals surface area contributed by atoms with Gasteiger partial charge >= 0.3 is 0 Å². The summed E-state index contributed by atoms with van der Waals surface area (Å²) in [4.78, 5) is 31.3. The van der Waals surface area contributed by atoms with E-state index in [1.54, 1.807) is 66.9 Å². The zero-order chi connectivity index (χ0) is 31.9. The molecular weight excluding hydrogens is 576 g/mol. The fraction of sp³-hybridized carbons (Fsp3) is 0.371. The fourth-order valence-electron chi connectivity index (χ4n) is 7.69. The average molecular weight is 615 g/mol. The third-order valence-electron chi connectivity index (χ3n) is 9.41. The molecule has 10 nitrogen and oxygen atoms in total. The zero-order valence-electron chi connectivity index (χ0n) is 26.3. The van der Waals surface area contributed by atoms with Crippen LogP contribution in [0.4, 0.5) is 5.69 Å². The largest absolute Gasteiger partial charge is 0.493 e. The van der Waals surface area contributed by atoms with Crippen molar-refractivity contribution in [3.05, 3.63) is 71.3 Å². The number of carbonyl (C=O) groups excluding carboxylic acids is 2. The number of amides is 1. The summed E-state index contributed by atoms with van der Waals surface area (Å²) in [6.45, 7) is 0.688. The van der Waals surface area contributed by atoms with E-state index in [0.717, 1.165) is 29.7 Å². The molecule has 6 rings (SSSR count). The molecular formula is C35H38N2O8. The van der Waals surface area contributed by atoms with E-state index >= 15 is 0 Å². The van der Waals surface area contributed by atoms with Crippen LogP contribution in [0.5, 0.6) is 34.5 Å². The Labute approximate surface area is 262 Å². The molecule has 3 aromatic carbocycles. The lowest BCUT2D eigenvalue weighted by Gasteiger charge is -2.36. The van der Waals surface area contributed by atoms with Gasteiger partial charge in [0.2, 0.25) is 17.4 Å². The van der Waals surface area contributed by atoms with Crippen LogP contribution in [0.1, 0.15) is 35.4 Å². The number of ketones is 1. The molecule has 3 aromatic rings. The topological polar surface area (TPSA) is 105 Å². The van der Waals surface area contributed by atoms with Crippen LogP contribution < -0.4 is 33.7 Å². The van der Waals surface area contributed by atoms with Crippen LogP contribution >= 0.6 is 0 Å². The molecule has 1 amide bonds. The Morgan fingerprint density at radius 1 is 0.844 bits per heavy atom. The van der Waals surface area contributed by atoms with Crippen molar-refractivity contribution in [2.75, 3.05) is 54.5 Å². The van der Waals surface area contributed by atoms with Gasteiger partial charge in [-0.2, -0.15) is 0 Å². The second-order valence-electron chi connectivity index (χ2n) is 11.3. The van der Waals surface area contributed by atoms with E-state index in [0.29, 0.717) is 46.6 Å². The van der Waals surface area contributed by atoms with Gasteiger partial charge in [-0.3, -0.25) is 14.5 Å². The highest BCUT2D eigenvalue weighted by molar-refractivity contribution is 6.11. The van der Waals surface area contributed by atoms with Gasteiger partial charge in [0.1, 0.15) is 5.54 Å². The molecule has 0 saturated carbocycles. The third kappa shape index (κ3) is 4.58. The van der Waals surface area contributed by atoms with E-state index in [1.165, 1.54) is 0 Å². The smallest absolute Gasteiger partial charge is 0.250 e. The standard InChI is InChI=1S/C35H38N2O8/c1-40-26-16-20(17-27(41-2)32(26)44-5)13-14-25(38)31-30(21-18-28(42-3)33(45-6)29(19-21)43-4)24-12-9-15-37(24)35(31)22-10-7-8-11-23(22)36-34(35)39/h7-8,10-11,13-14,16-19,24,30-31H,9,12,15H2,1-6H3,(H,36,39)/b14-13+/t24-,30-,31+,35+/m1/s1. The van der Waals surface area contributed by atoms with Gasteiger partial charge in [-0.05, 0) is 66.9 Å². The van der Waals surface area contributed by atoms with Crippen LogP contribution in [-0.2, 0) is 15.1 Å². The zero-order valence-corrected chi connectivity index (χ0v) is 26.3. The summed E-state index contributed by atoms with van der Waals surface area (Å²) in [5.41, 5.74) is 1.88. The number of ether oxygens (including phenoxy) is 6. The molecule has 2 saturated heterocycles. The minimum absolute atomic E-state index is 0.0757. The SMILES string of the molecule is COc1cc(/C=C/C(=O)[C@H]2[C@H](c3cc(OC)c(OC)c(OC)c3)[C@H]3CCCN3[C@]23C(=O)Nc2ccccc23)cc(OC)c1OC. The summed E-state index contributed by atoms with van der Waals surface area (Å²) in [5.74, 6) is 1.38. The number of methoxy groups -OCH3 is 6. The number of allylic oxidation sites excluding steroid dienone is 1. The number of anilines is 1. The Bertz CT molecular complexity index is 1620. The minimum atomic E-state index is -1.19. The van der Waals surface area contributed by atoms with E-state index in [9.17, 15) is 9.59 Å². The molecule has 1 N–H and O–H groups in total. The van der Waals surface area contributed by atoms with Gasteiger partial charge in [-0.15, -0.1) is 0 Å². The minimum Gasteiger partial charge on any atom is -0.493 e. The van der Waals surface area contributed by atoms with E-state index < -0.39 is 11.5 Å². The predicted octanol–water partition coefficient (Wildman–Crippen LogP) is 5.05. The third-order valence-corrected chi connectivity index (χ3v) is 9.41. The van der Waals surface area contributed by atoms with Crippen molar-refractivity contribution in [2.24, 2.45) is 5.92 Å². The summed E-state index contributed by atoms with van der Waals surface area (Å²) in [5, 5.41) is 3.11. The summed E-state index contributed by atoms with van der Waals surface area (Å²) >= 11 is 0. The maximum absolute atomic E-state index is 14.7. The van der Waals surface area contributed by atoms with E-state index in [-0.39, 0.29) is 23.7 Å². The van der Waals surface area contributed by atoms with E-state index in [2.05, 4.69) is 10.2 Å². The monoisotopic (exact) mass is 614 g/mol. The number of nitrogens with one attached hydrogen (secondary N) is 1. The van der Waals surface area contributed by atoms with Gasteiger partial charge in [-0.25, -0.2) is 0 Å². The molecule has 2 fully saturated rings. The average Bonchev–Trinajstić information content (AvgIpc) is 3.74. The summed E-state index contributed by atoms with van der Waals surface area (Å²) in [6.07, 6.45) is 5.04. The van der Waals surface area contributed by atoms with Crippen molar-refractivity contribution < 1.29 is 38.0 Å². The fourth-order valence-corrected chi connectivity index (χ4v) is 7.69. The normalized spacial score (nSPS) is 23.5. The number of para-hydroxylation sites is 1. The second-order valence-corrected chi connectivity index (χ2v) is 11.3. The molecule has 0 aromatic heterocycles. The molecule has 3 aliphatic rings. The maximum Gasteiger partial charge on any atom is 0.250 e. The number of fused-ring (bicyclic) bond motifs is 4. The van der Waals surface area contributed by atoms with Crippen LogP contribution in [0.2, 0.25) is 0 Å². The number of nitrogens with zero attached hydrogens (tertiary/aromatic N) is 1. The van der Waals surface area contributed by atoms with Crippen molar-refractivity contribution in [2.45, 2.75) is 30.3 Å². The Morgan fingerprint density at radius 2 is 1.42 bits per heavy atom. The van der Waals surface area contributed by atoms with Gasteiger partial charge in [-0.1, -0.05) is 24.3 Å². The summed E-state index contributed by atoms with van der Waals surface area (Å²) in [6, 6.07) is 15.0. The first-order chi connectivity index (χ1) is 21.9. The predicted molar refractivity (Wildman–Crippen MR) is 169 cm³/mol. The van der Waals surface area contributed by atoms with Crippen molar-refractivity contribution >= 4 is 23.5 Å². The van der Waals surface area contributed by atoms with Crippen molar-refractivity contribution in [1.29, 1.82) is 0 Å². The Morgan fingerprint density at radius 3 is 2.00 bits per heavy atom. The van der Waals surface area contributed by atoms with Crippen molar-refractivity contribution in [3.63, 3.8) is 0 Å². The molecule has 0 bridgehead atoms. The second kappa shape index (κ2) is 12.0. The first-order valence-electron chi connectivity index (χ1n) is 14.9. The number of hydrogen-bond donors (Lipinski definition) is 1. The molecule has 3 heterocycles. The molecule has 45 heavy (non-hydrogen) atoms. The quantitative estimate of drug-likeness (QED) is 0.314. The first-order valence-corrected chi connectivity index (χ1v) is 14.9. The summed E-state index contributed by atoms with van der Waals surface area (Å²) in [7, 11) is 9.33. The van der Waals surface area contributed by atoms with Crippen LogP contribution in [0.25, 0.3) is 6.08 Å². The molecule has 236 valence electrons. The Kier molecular flexibility index (Phi) is 8.09. The molecule has 0 radical (unpaired) electrons. The molecule has 3 aliphatic heterocycles. The van der Waals surface area contributed by atoms with Crippen LogP contribution in [0, 0.1) is 5.92 Å². The van der Waals surface area contributed by atoms with Gasteiger partial charge in [0, 0.05) is 23.2 Å². The van der Waals surface area contributed by atoms with Crippen LogP contribution in [0.3, 0.4) is 0 Å². The number of carbonyl (C=O) groups is 2. The van der Waals surface area contributed by atoms with Crippen molar-refractivity contribution in [1.82, 2.24) is 4.90 Å². The molecule has 0 aliphatic carbocycles. The lowest BCUT2D eigenvalue weighted by molar-refractivity contribution is -0.134. The van der Waals surface area contributed by atoms with E-state index in [4.69, 9.17) is 28.4 Å². The van der Waals surface area contributed by atoms with Gasteiger partial charge < -0.3 is 33.7 Å². The van der Waals surface area contributed by atoms with Gasteiger partial charge in [0.15, 0.2) is 28.8 Å². The first kappa shape index (κ1) is 30.3. The summed E-state index contributed by atoms with van der Waals surface area (Å²) < 4.78 is 33.6. The van der Waals surface area contributed by atoms with E-state index in [1.807, 2.05) is 36.4 Å². The van der Waals surface area contributed by atoms with Crippen LogP contribution in [0.15, 0.2) is 54.6 Å². The highest BCUT2D eigenvalue weighted by Crippen LogP contribution is 2.61. The lowest BCUT2D eigenvalue weighted by atomic mass is 9.69. The molecule has 10 heteroatoms. The van der Waals surface area contributed by atoms with Crippen molar-refractivity contribution in [3.8, 4) is 34.5 Å². The van der Waals surface area contributed by atoms with Gasteiger partial charge in [0.05, 0.1) is 48.6 Å². The Balaban J connectivity index is 1.54. The molecule has 4 atom stereocenters. The maximum atomic E-state index is 14.7. The number of benzene rings is 3. The number of rotatable bonds is 10.